The summed E-state index contributed by atoms with van der Waals surface area (Å²) in [5.74, 6) is 0.686. The minimum Gasteiger partial charge on any atom is -0.496 e. The van der Waals surface area contributed by atoms with Gasteiger partial charge in [-0.3, -0.25) is 0 Å². The third-order valence-corrected chi connectivity index (χ3v) is 2.52. The van der Waals surface area contributed by atoms with Crippen molar-refractivity contribution in [3.05, 3.63) is 29.6 Å². The smallest absolute Gasteiger partial charge is 0.131 e. The standard InChI is InChI=1S/C12H18FNO/c1-8(2)12(14-3)11-9(13)6-5-7-10(11)15-4/h5-8,12,14H,1-4H3. The summed E-state index contributed by atoms with van der Waals surface area (Å²) in [6, 6.07) is 4.88. The van der Waals surface area contributed by atoms with E-state index in [0.29, 0.717) is 17.2 Å². The van der Waals surface area contributed by atoms with Gasteiger partial charge >= 0.3 is 0 Å². The lowest BCUT2D eigenvalue weighted by atomic mass is 9.95. The summed E-state index contributed by atoms with van der Waals surface area (Å²) >= 11 is 0. The molecule has 1 unspecified atom stereocenters. The highest BCUT2D eigenvalue weighted by Gasteiger charge is 2.21. The van der Waals surface area contributed by atoms with Crippen molar-refractivity contribution >= 4 is 0 Å². The molecule has 15 heavy (non-hydrogen) atoms. The number of hydrogen-bond acceptors (Lipinski definition) is 2. The van der Waals surface area contributed by atoms with Crippen molar-refractivity contribution in [3.8, 4) is 5.75 Å². The van der Waals surface area contributed by atoms with Crippen LogP contribution in [0.15, 0.2) is 18.2 Å². The molecule has 84 valence electrons. The fraction of sp³-hybridized carbons (Fsp3) is 0.500. The molecule has 1 N–H and O–H groups in total. The second kappa shape index (κ2) is 5.12. The average molecular weight is 211 g/mol. The van der Waals surface area contributed by atoms with E-state index in [0.717, 1.165) is 0 Å². The maximum Gasteiger partial charge on any atom is 0.131 e. The van der Waals surface area contributed by atoms with Crippen LogP contribution in [0.25, 0.3) is 0 Å². The topological polar surface area (TPSA) is 21.3 Å². The van der Waals surface area contributed by atoms with Crippen LogP contribution in [-0.2, 0) is 0 Å². The van der Waals surface area contributed by atoms with E-state index < -0.39 is 0 Å². The summed E-state index contributed by atoms with van der Waals surface area (Å²) in [6.45, 7) is 4.10. The number of halogens is 1. The molecule has 1 rings (SSSR count). The Labute approximate surface area is 90.4 Å². The van der Waals surface area contributed by atoms with E-state index in [4.69, 9.17) is 4.74 Å². The molecule has 0 aromatic heterocycles. The second-order valence-electron chi connectivity index (χ2n) is 3.87. The van der Waals surface area contributed by atoms with Crippen molar-refractivity contribution in [2.24, 2.45) is 5.92 Å². The van der Waals surface area contributed by atoms with Crippen molar-refractivity contribution < 1.29 is 9.13 Å². The van der Waals surface area contributed by atoms with Crippen LogP contribution in [0.2, 0.25) is 0 Å². The van der Waals surface area contributed by atoms with Crippen LogP contribution in [0.4, 0.5) is 4.39 Å². The van der Waals surface area contributed by atoms with E-state index in [-0.39, 0.29) is 11.9 Å². The summed E-state index contributed by atoms with van der Waals surface area (Å²) in [4.78, 5) is 0. The van der Waals surface area contributed by atoms with E-state index in [1.807, 2.05) is 20.9 Å². The first-order chi connectivity index (χ1) is 7.11. The number of rotatable bonds is 4. The molecular weight excluding hydrogens is 193 g/mol. The zero-order valence-electron chi connectivity index (χ0n) is 9.67. The van der Waals surface area contributed by atoms with Crippen molar-refractivity contribution in [3.63, 3.8) is 0 Å². The minimum absolute atomic E-state index is 0.0267. The molecule has 0 aliphatic heterocycles. The van der Waals surface area contributed by atoms with Crippen molar-refractivity contribution in [1.29, 1.82) is 0 Å². The predicted molar refractivity (Wildman–Crippen MR) is 59.6 cm³/mol. The van der Waals surface area contributed by atoms with Gasteiger partial charge in [-0.05, 0) is 25.1 Å². The van der Waals surface area contributed by atoms with Gasteiger partial charge in [0.25, 0.3) is 0 Å². The Kier molecular flexibility index (Phi) is 4.09. The first kappa shape index (κ1) is 12.0. The fourth-order valence-corrected chi connectivity index (χ4v) is 1.81. The van der Waals surface area contributed by atoms with Gasteiger partial charge in [0.2, 0.25) is 0 Å². The van der Waals surface area contributed by atoms with Crippen molar-refractivity contribution in [2.45, 2.75) is 19.9 Å². The van der Waals surface area contributed by atoms with E-state index in [1.165, 1.54) is 6.07 Å². The van der Waals surface area contributed by atoms with E-state index in [1.54, 1.807) is 19.2 Å². The van der Waals surface area contributed by atoms with Crippen molar-refractivity contribution in [2.75, 3.05) is 14.2 Å². The van der Waals surface area contributed by atoms with Crippen LogP contribution in [0.3, 0.4) is 0 Å². The largest absolute Gasteiger partial charge is 0.496 e. The van der Waals surface area contributed by atoms with Gasteiger partial charge in [-0.1, -0.05) is 19.9 Å². The number of benzene rings is 1. The van der Waals surface area contributed by atoms with E-state index >= 15 is 0 Å². The highest BCUT2D eigenvalue weighted by atomic mass is 19.1. The Morgan fingerprint density at radius 3 is 2.47 bits per heavy atom. The molecule has 0 saturated carbocycles. The van der Waals surface area contributed by atoms with Crippen LogP contribution in [-0.4, -0.2) is 14.2 Å². The molecule has 0 spiro atoms. The van der Waals surface area contributed by atoms with Gasteiger partial charge in [0, 0.05) is 11.6 Å². The Balaban J connectivity index is 3.20. The lowest BCUT2D eigenvalue weighted by Crippen LogP contribution is -2.23. The normalized spacial score (nSPS) is 12.9. The number of ether oxygens (including phenoxy) is 1. The molecule has 1 aromatic carbocycles. The number of methoxy groups -OCH3 is 1. The minimum atomic E-state index is -0.220. The Morgan fingerprint density at radius 1 is 1.33 bits per heavy atom. The van der Waals surface area contributed by atoms with Gasteiger partial charge in [-0.25, -0.2) is 4.39 Å². The van der Waals surface area contributed by atoms with Gasteiger partial charge < -0.3 is 10.1 Å². The molecule has 0 aliphatic carbocycles. The highest BCUT2D eigenvalue weighted by molar-refractivity contribution is 5.37. The summed E-state index contributed by atoms with van der Waals surface area (Å²) in [6.07, 6.45) is 0. The number of hydrogen-bond donors (Lipinski definition) is 1. The first-order valence-corrected chi connectivity index (χ1v) is 5.11. The van der Waals surface area contributed by atoms with Gasteiger partial charge in [-0.2, -0.15) is 0 Å². The van der Waals surface area contributed by atoms with Gasteiger partial charge in [-0.15, -0.1) is 0 Å². The molecular formula is C12H18FNO. The first-order valence-electron chi connectivity index (χ1n) is 5.11. The number of nitrogens with one attached hydrogen (secondary N) is 1. The molecule has 0 aliphatic rings. The predicted octanol–water partition coefficient (Wildman–Crippen LogP) is 2.75. The monoisotopic (exact) mass is 211 g/mol. The Bertz CT molecular complexity index is 325. The highest BCUT2D eigenvalue weighted by Crippen LogP contribution is 2.31. The molecule has 0 saturated heterocycles. The molecule has 0 amide bonds. The Hall–Kier alpha value is -1.09. The SMILES string of the molecule is CNC(c1c(F)cccc1OC)C(C)C. The fourth-order valence-electron chi connectivity index (χ4n) is 1.81. The van der Waals surface area contributed by atoms with Crippen LogP contribution >= 0.6 is 0 Å². The molecule has 0 fully saturated rings. The van der Waals surface area contributed by atoms with Crippen LogP contribution < -0.4 is 10.1 Å². The lowest BCUT2D eigenvalue weighted by molar-refractivity contribution is 0.369. The molecule has 2 nitrogen and oxygen atoms in total. The van der Waals surface area contributed by atoms with Gasteiger partial charge in [0.1, 0.15) is 11.6 Å². The summed E-state index contributed by atoms with van der Waals surface area (Å²) in [5.41, 5.74) is 0.609. The van der Waals surface area contributed by atoms with Crippen LogP contribution in [0, 0.1) is 11.7 Å². The van der Waals surface area contributed by atoms with E-state index in [9.17, 15) is 4.39 Å². The van der Waals surface area contributed by atoms with Crippen molar-refractivity contribution in [1.82, 2.24) is 5.32 Å². The van der Waals surface area contributed by atoms with Crippen LogP contribution in [0.1, 0.15) is 25.5 Å². The third-order valence-electron chi connectivity index (χ3n) is 2.52. The molecule has 3 heteroatoms. The average Bonchev–Trinajstić information content (AvgIpc) is 2.21. The lowest BCUT2D eigenvalue weighted by Gasteiger charge is -2.23. The van der Waals surface area contributed by atoms with E-state index in [2.05, 4.69) is 5.32 Å². The third kappa shape index (κ3) is 2.48. The molecule has 1 aromatic rings. The maximum atomic E-state index is 13.7. The molecule has 1 atom stereocenters. The summed E-state index contributed by atoms with van der Waals surface area (Å²) in [5, 5.41) is 3.11. The zero-order chi connectivity index (χ0) is 11.4. The maximum absolute atomic E-state index is 13.7. The Morgan fingerprint density at radius 2 is 2.00 bits per heavy atom. The summed E-state index contributed by atoms with van der Waals surface area (Å²) < 4.78 is 18.9. The van der Waals surface area contributed by atoms with Gasteiger partial charge in [0.15, 0.2) is 0 Å². The quantitative estimate of drug-likeness (QED) is 0.826. The summed E-state index contributed by atoms with van der Waals surface area (Å²) in [7, 11) is 3.39. The molecule has 0 bridgehead atoms. The second-order valence-corrected chi connectivity index (χ2v) is 3.87. The molecule has 0 heterocycles. The van der Waals surface area contributed by atoms with Gasteiger partial charge in [0.05, 0.1) is 7.11 Å². The molecule has 0 radical (unpaired) electrons. The van der Waals surface area contributed by atoms with Crippen LogP contribution in [0.5, 0.6) is 5.75 Å². The zero-order valence-corrected chi connectivity index (χ0v) is 9.67.